The Morgan fingerprint density at radius 2 is 2.00 bits per heavy atom. The molecule has 1 aliphatic heterocycles. The first kappa shape index (κ1) is 18.4. The Morgan fingerprint density at radius 3 is 2.82 bits per heavy atom. The third kappa shape index (κ3) is 4.47. The van der Waals surface area contributed by atoms with E-state index in [2.05, 4.69) is 25.2 Å². The van der Waals surface area contributed by atoms with E-state index in [9.17, 15) is 9.18 Å². The van der Waals surface area contributed by atoms with Crippen LogP contribution in [0.4, 0.5) is 10.3 Å². The van der Waals surface area contributed by atoms with Gasteiger partial charge in [-0.15, -0.1) is 0 Å². The number of aromatic nitrogens is 3. The van der Waals surface area contributed by atoms with Gasteiger partial charge in [0.1, 0.15) is 5.82 Å². The lowest BCUT2D eigenvalue weighted by Gasteiger charge is -2.26. The van der Waals surface area contributed by atoms with Crippen molar-refractivity contribution in [1.82, 2.24) is 19.9 Å². The summed E-state index contributed by atoms with van der Waals surface area (Å²) in [6, 6.07) is 6.98. The van der Waals surface area contributed by atoms with Gasteiger partial charge in [0.25, 0.3) is 0 Å². The highest BCUT2D eigenvalue weighted by atomic mass is 19.1. The van der Waals surface area contributed by atoms with Crippen LogP contribution in [0.5, 0.6) is 0 Å². The largest absolute Gasteiger partial charge is 0.379 e. The van der Waals surface area contributed by atoms with Gasteiger partial charge in [-0.1, -0.05) is 12.1 Å². The van der Waals surface area contributed by atoms with Crippen LogP contribution in [0.2, 0.25) is 0 Å². The number of ether oxygens (including phenoxy) is 1. The minimum absolute atomic E-state index is 0.128. The highest BCUT2D eigenvalue weighted by molar-refractivity contribution is 5.91. The van der Waals surface area contributed by atoms with E-state index in [1.165, 1.54) is 6.07 Å². The van der Waals surface area contributed by atoms with Gasteiger partial charge in [-0.2, -0.15) is 0 Å². The Morgan fingerprint density at radius 1 is 1.14 bits per heavy atom. The van der Waals surface area contributed by atoms with Crippen LogP contribution in [0.1, 0.15) is 6.42 Å². The fourth-order valence-corrected chi connectivity index (χ4v) is 3.10. The highest BCUT2D eigenvalue weighted by Crippen LogP contribution is 2.23. The average Bonchev–Trinajstić information content (AvgIpc) is 2.72. The number of carbonyl (C=O) groups is 1. The summed E-state index contributed by atoms with van der Waals surface area (Å²) in [5.41, 5.74) is 2.12. The number of fused-ring (bicyclic) bond motifs is 1. The Bertz CT molecular complexity index is 991. The van der Waals surface area contributed by atoms with Crippen molar-refractivity contribution in [3.8, 4) is 11.1 Å². The number of hydrogen-bond donors (Lipinski definition) is 1. The molecule has 0 unspecified atom stereocenters. The van der Waals surface area contributed by atoms with E-state index in [4.69, 9.17) is 4.74 Å². The van der Waals surface area contributed by atoms with Crippen LogP contribution < -0.4 is 5.32 Å². The molecular weight excluding hydrogens is 361 g/mol. The van der Waals surface area contributed by atoms with E-state index < -0.39 is 5.82 Å². The first-order valence-corrected chi connectivity index (χ1v) is 9.15. The Balaban J connectivity index is 1.46. The number of nitrogens with one attached hydrogen (secondary N) is 1. The quantitative estimate of drug-likeness (QED) is 0.731. The number of rotatable bonds is 5. The molecule has 0 bridgehead atoms. The summed E-state index contributed by atoms with van der Waals surface area (Å²) < 4.78 is 18.7. The van der Waals surface area contributed by atoms with Crippen molar-refractivity contribution in [2.45, 2.75) is 6.42 Å². The number of nitrogens with zero attached hydrogens (tertiary/aromatic N) is 4. The van der Waals surface area contributed by atoms with Crippen molar-refractivity contribution < 1.29 is 13.9 Å². The summed E-state index contributed by atoms with van der Waals surface area (Å²) in [4.78, 5) is 26.9. The normalized spacial score (nSPS) is 14.9. The summed E-state index contributed by atoms with van der Waals surface area (Å²) in [6.07, 6.45) is 4.79. The Labute approximate surface area is 161 Å². The van der Waals surface area contributed by atoms with Crippen LogP contribution in [0, 0.1) is 5.82 Å². The van der Waals surface area contributed by atoms with E-state index in [0.717, 1.165) is 30.2 Å². The second kappa shape index (κ2) is 8.37. The number of pyridine rings is 1. The second-order valence-electron chi connectivity index (χ2n) is 6.61. The summed E-state index contributed by atoms with van der Waals surface area (Å²) in [6.45, 7) is 3.78. The first-order chi connectivity index (χ1) is 13.7. The molecule has 2 aromatic heterocycles. The van der Waals surface area contributed by atoms with Gasteiger partial charge in [-0.3, -0.25) is 20.0 Å². The molecule has 7 nitrogen and oxygen atoms in total. The molecule has 3 aromatic rings. The van der Waals surface area contributed by atoms with Crippen LogP contribution in [0.15, 0.2) is 42.9 Å². The average molecular weight is 381 g/mol. The van der Waals surface area contributed by atoms with Crippen LogP contribution in [0.3, 0.4) is 0 Å². The first-order valence-electron chi connectivity index (χ1n) is 9.15. The molecule has 1 aromatic carbocycles. The Hall–Kier alpha value is -2.97. The lowest BCUT2D eigenvalue weighted by atomic mass is 10.1. The van der Waals surface area contributed by atoms with Crippen molar-refractivity contribution in [3.63, 3.8) is 0 Å². The lowest BCUT2D eigenvalue weighted by Crippen LogP contribution is -2.38. The van der Waals surface area contributed by atoms with Crippen LogP contribution in [-0.2, 0) is 9.53 Å². The predicted molar refractivity (Wildman–Crippen MR) is 103 cm³/mol. The Kier molecular flexibility index (Phi) is 5.50. The molecule has 0 atom stereocenters. The summed E-state index contributed by atoms with van der Waals surface area (Å²) >= 11 is 0. The molecule has 144 valence electrons. The SMILES string of the molecule is O=C(CCN1CCOCC1)Nc1ncc2ccc(-c3cncc(F)c3)cc2n1. The maximum atomic E-state index is 13.4. The third-order valence-corrected chi connectivity index (χ3v) is 4.63. The second-order valence-corrected chi connectivity index (χ2v) is 6.61. The van der Waals surface area contributed by atoms with Gasteiger partial charge in [0, 0.05) is 49.4 Å². The molecule has 3 heterocycles. The molecule has 1 aliphatic rings. The number of benzene rings is 1. The van der Waals surface area contributed by atoms with E-state index in [-0.39, 0.29) is 11.9 Å². The van der Waals surface area contributed by atoms with Crippen LogP contribution in [-0.4, -0.2) is 58.6 Å². The van der Waals surface area contributed by atoms with Crippen molar-refractivity contribution in [2.75, 3.05) is 38.2 Å². The molecular formula is C20H20FN5O2. The van der Waals surface area contributed by atoms with Crippen molar-refractivity contribution >= 4 is 22.8 Å². The summed E-state index contributed by atoms with van der Waals surface area (Å²) in [5, 5.41) is 3.58. The molecule has 28 heavy (non-hydrogen) atoms. The maximum Gasteiger partial charge on any atom is 0.229 e. The number of halogens is 1. The van der Waals surface area contributed by atoms with Gasteiger partial charge in [0.2, 0.25) is 11.9 Å². The minimum atomic E-state index is -0.395. The lowest BCUT2D eigenvalue weighted by molar-refractivity contribution is -0.116. The molecule has 1 fully saturated rings. The number of hydrogen-bond acceptors (Lipinski definition) is 6. The molecule has 0 radical (unpaired) electrons. The van der Waals surface area contributed by atoms with E-state index in [1.54, 1.807) is 12.4 Å². The molecule has 1 saturated heterocycles. The smallest absolute Gasteiger partial charge is 0.229 e. The number of anilines is 1. The molecule has 0 spiro atoms. The molecule has 8 heteroatoms. The standard InChI is InChI=1S/C20H20FN5O2/c21-17-9-16(11-22-13-17)14-1-2-15-12-23-20(24-18(15)10-14)25-19(27)3-4-26-5-7-28-8-6-26/h1-2,9-13H,3-8H2,(H,23,24,25,27). The molecule has 0 saturated carbocycles. The fourth-order valence-electron chi connectivity index (χ4n) is 3.10. The molecule has 1 N–H and O–H groups in total. The zero-order valence-electron chi connectivity index (χ0n) is 15.3. The fraction of sp³-hybridized carbons (Fsp3) is 0.300. The van der Waals surface area contributed by atoms with Gasteiger partial charge in [-0.25, -0.2) is 14.4 Å². The zero-order valence-corrected chi connectivity index (χ0v) is 15.3. The van der Waals surface area contributed by atoms with E-state index in [0.29, 0.717) is 37.3 Å². The van der Waals surface area contributed by atoms with Crippen LogP contribution >= 0.6 is 0 Å². The number of carbonyl (C=O) groups excluding carboxylic acids is 1. The minimum Gasteiger partial charge on any atom is -0.379 e. The van der Waals surface area contributed by atoms with Crippen molar-refractivity contribution in [3.05, 3.63) is 48.7 Å². The van der Waals surface area contributed by atoms with Crippen molar-refractivity contribution in [1.29, 1.82) is 0 Å². The third-order valence-electron chi connectivity index (χ3n) is 4.63. The zero-order chi connectivity index (χ0) is 19.3. The van der Waals surface area contributed by atoms with E-state index in [1.807, 2.05) is 18.2 Å². The molecule has 4 rings (SSSR count). The van der Waals surface area contributed by atoms with Gasteiger partial charge >= 0.3 is 0 Å². The summed E-state index contributed by atoms with van der Waals surface area (Å²) in [5.74, 6) is -0.265. The number of morpholine rings is 1. The number of amides is 1. The summed E-state index contributed by atoms with van der Waals surface area (Å²) in [7, 11) is 0. The molecule has 0 aliphatic carbocycles. The topological polar surface area (TPSA) is 80.2 Å². The van der Waals surface area contributed by atoms with Gasteiger partial charge in [-0.05, 0) is 17.7 Å². The maximum absolute atomic E-state index is 13.4. The van der Waals surface area contributed by atoms with E-state index >= 15 is 0 Å². The van der Waals surface area contributed by atoms with Crippen LogP contribution in [0.25, 0.3) is 22.0 Å². The molecule has 1 amide bonds. The van der Waals surface area contributed by atoms with Gasteiger partial charge in [0.05, 0.1) is 24.9 Å². The predicted octanol–water partition coefficient (Wildman–Crippen LogP) is 2.49. The van der Waals surface area contributed by atoms with Gasteiger partial charge < -0.3 is 4.74 Å². The van der Waals surface area contributed by atoms with Gasteiger partial charge in [0.15, 0.2) is 0 Å². The van der Waals surface area contributed by atoms with Crippen molar-refractivity contribution in [2.24, 2.45) is 0 Å². The highest BCUT2D eigenvalue weighted by Gasteiger charge is 2.13. The monoisotopic (exact) mass is 381 g/mol.